The van der Waals surface area contributed by atoms with E-state index in [4.69, 9.17) is 9.15 Å². The molecule has 1 aliphatic rings. The van der Waals surface area contributed by atoms with Gasteiger partial charge >= 0.3 is 0 Å². The molecule has 30 heavy (non-hydrogen) atoms. The Morgan fingerprint density at radius 3 is 2.53 bits per heavy atom. The number of carbonyl (C=O) groups is 1. The van der Waals surface area contributed by atoms with Crippen LogP contribution in [0.2, 0.25) is 0 Å². The van der Waals surface area contributed by atoms with Crippen LogP contribution in [0.5, 0.6) is 0 Å². The number of morpholine rings is 1. The van der Waals surface area contributed by atoms with Gasteiger partial charge in [0, 0.05) is 18.4 Å². The van der Waals surface area contributed by atoms with Gasteiger partial charge in [-0.3, -0.25) is 4.79 Å². The predicted octanol–water partition coefficient (Wildman–Crippen LogP) is 4.35. The summed E-state index contributed by atoms with van der Waals surface area (Å²) in [6.45, 7) is 6.63. The zero-order valence-corrected chi connectivity index (χ0v) is 17.6. The molecule has 0 N–H and O–H groups in total. The highest BCUT2D eigenvalue weighted by Crippen LogP contribution is 2.31. The minimum atomic E-state index is -0.122. The molecule has 0 spiro atoms. The molecule has 0 bridgehead atoms. The Kier molecular flexibility index (Phi) is 5.95. The lowest BCUT2D eigenvalue weighted by Gasteiger charge is -2.44. The van der Waals surface area contributed by atoms with Crippen molar-refractivity contribution in [2.45, 2.75) is 51.8 Å². The van der Waals surface area contributed by atoms with Crippen molar-refractivity contribution < 1.29 is 13.9 Å². The Morgan fingerprint density at radius 1 is 1.07 bits per heavy atom. The molecular formula is C24H27N3O3. The molecule has 1 saturated heterocycles. The molecule has 4 rings (SSSR count). The zero-order chi connectivity index (χ0) is 21.1. The quantitative estimate of drug-likeness (QED) is 0.631. The van der Waals surface area contributed by atoms with E-state index < -0.39 is 0 Å². The van der Waals surface area contributed by atoms with Gasteiger partial charge < -0.3 is 14.1 Å². The second-order valence-electron chi connectivity index (χ2n) is 7.92. The number of nitrogens with zero attached hydrogens (tertiary/aromatic N) is 3. The highest BCUT2D eigenvalue weighted by atomic mass is 16.5. The van der Waals surface area contributed by atoms with Gasteiger partial charge in [-0.15, -0.1) is 10.2 Å². The third-order valence-electron chi connectivity index (χ3n) is 5.60. The van der Waals surface area contributed by atoms with Gasteiger partial charge in [0.25, 0.3) is 0 Å². The molecule has 6 heteroatoms. The summed E-state index contributed by atoms with van der Waals surface area (Å²) in [7, 11) is 0. The van der Waals surface area contributed by atoms with Crippen LogP contribution in [0.15, 0.2) is 59.0 Å². The monoisotopic (exact) mass is 405 g/mol. The first kappa shape index (κ1) is 20.3. The molecule has 3 unspecified atom stereocenters. The summed E-state index contributed by atoms with van der Waals surface area (Å²) in [5, 5.41) is 8.25. The normalized spacial score (nSPS) is 21.6. The number of rotatable bonds is 5. The molecule has 2 aromatic carbocycles. The smallest absolute Gasteiger partial charge is 0.247 e. The Labute approximate surface area is 176 Å². The van der Waals surface area contributed by atoms with Crippen molar-refractivity contribution in [1.29, 1.82) is 0 Å². The van der Waals surface area contributed by atoms with E-state index in [1.807, 2.05) is 80.3 Å². The van der Waals surface area contributed by atoms with Crippen LogP contribution in [0.3, 0.4) is 0 Å². The van der Waals surface area contributed by atoms with E-state index in [1.165, 1.54) is 5.56 Å². The van der Waals surface area contributed by atoms with Gasteiger partial charge in [0.05, 0.1) is 18.7 Å². The number of benzene rings is 2. The van der Waals surface area contributed by atoms with Gasteiger partial charge in [-0.2, -0.15) is 0 Å². The minimum Gasteiger partial charge on any atom is -0.421 e. The molecule has 0 radical (unpaired) electrons. The largest absolute Gasteiger partial charge is 0.421 e. The third-order valence-corrected chi connectivity index (χ3v) is 5.60. The summed E-state index contributed by atoms with van der Waals surface area (Å²) in [5.41, 5.74) is 3.15. The van der Waals surface area contributed by atoms with E-state index in [0.29, 0.717) is 31.2 Å². The second kappa shape index (κ2) is 8.79. The zero-order valence-electron chi connectivity index (χ0n) is 17.6. The first-order valence-corrected chi connectivity index (χ1v) is 10.4. The Morgan fingerprint density at radius 2 is 1.80 bits per heavy atom. The standard InChI is InChI=1S/C24H27N3O3/c1-16-9-11-20(12-10-16)24-26-25-21(30-24)13-14-22(28)27-17(2)15-29-23(18(27)3)19-7-5-4-6-8-19/h4-12,17-18,23H,13-15H2,1-3H3. The number of aromatic nitrogens is 2. The van der Waals surface area contributed by atoms with Crippen molar-refractivity contribution >= 4 is 5.91 Å². The predicted molar refractivity (Wildman–Crippen MR) is 114 cm³/mol. The van der Waals surface area contributed by atoms with Gasteiger partial charge in [0.15, 0.2) is 0 Å². The number of amides is 1. The topological polar surface area (TPSA) is 68.5 Å². The van der Waals surface area contributed by atoms with Crippen LogP contribution in [-0.4, -0.2) is 39.7 Å². The third kappa shape index (κ3) is 4.28. The number of hydrogen-bond acceptors (Lipinski definition) is 5. The lowest BCUT2D eigenvalue weighted by atomic mass is 9.98. The van der Waals surface area contributed by atoms with Crippen molar-refractivity contribution in [2.24, 2.45) is 0 Å². The van der Waals surface area contributed by atoms with Crippen LogP contribution in [0, 0.1) is 6.92 Å². The lowest BCUT2D eigenvalue weighted by molar-refractivity contribution is -0.153. The average molecular weight is 405 g/mol. The van der Waals surface area contributed by atoms with Crippen molar-refractivity contribution in [2.75, 3.05) is 6.61 Å². The molecule has 6 nitrogen and oxygen atoms in total. The maximum Gasteiger partial charge on any atom is 0.247 e. The number of aryl methyl sites for hydroxylation is 2. The van der Waals surface area contributed by atoms with Gasteiger partial charge in [-0.05, 0) is 38.5 Å². The Bertz CT molecular complexity index is 984. The van der Waals surface area contributed by atoms with Crippen LogP contribution in [0.4, 0.5) is 0 Å². The van der Waals surface area contributed by atoms with Gasteiger partial charge in [0.1, 0.15) is 6.10 Å². The second-order valence-corrected chi connectivity index (χ2v) is 7.92. The molecule has 3 aromatic rings. The molecule has 2 heterocycles. The summed E-state index contributed by atoms with van der Waals surface area (Å²) < 4.78 is 11.8. The summed E-state index contributed by atoms with van der Waals surface area (Å²) in [5.74, 6) is 1.04. The van der Waals surface area contributed by atoms with Crippen LogP contribution < -0.4 is 0 Å². The van der Waals surface area contributed by atoms with Crippen molar-refractivity contribution in [3.63, 3.8) is 0 Å². The van der Waals surface area contributed by atoms with Crippen LogP contribution >= 0.6 is 0 Å². The summed E-state index contributed by atoms with van der Waals surface area (Å²) in [6.07, 6.45) is 0.624. The van der Waals surface area contributed by atoms with E-state index >= 15 is 0 Å². The molecule has 1 fully saturated rings. The SMILES string of the molecule is Cc1ccc(-c2nnc(CCC(=O)N3C(C)COC(c4ccccc4)C3C)o2)cc1. The van der Waals surface area contributed by atoms with Crippen LogP contribution in [-0.2, 0) is 16.0 Å². The summed E-state index contributed by atoms with van der Waals surface area (Å²) >= 11 is 0. The average Bonchev–Trinajstić information content (AvgIpc) is 3.22. The molecule has 156 valence electrons. The summed E-state index contributed by atoms with van der Waals surface area (Å²) in [6, 6.07) is 18.0. The van der Waals surface area contributed by atoms with E-state index in [2.05, 4.69) is 10.2 Å². The van der Waals surface area contributed by atoms with Crippen molar-refractivity contribution in [1.82, 2.24) is 15.1 Å². The highest BCUT2D eigenvalue weighted by Gasteiger charge is 2.36. The first-order chi connectivity index (χ1) is 14.5. The number of hydrogen-bond donors (Lipinski definition) is 0. The fraction of sp³-hybridized carbons (Fsp3) is 0.375. The molecular weight excluding hydrogens is 378 g/mol. The fourth-order valence-corrected chi connectivity index (χ4v) is 4.01. The molecule has 0 aliphatic carbocycles. The Balaban J connectivity index is 1.41. The van der Waals surface area contributed by atoms with Crippen LogP contribution in [0.25, 0.3) is 11.5 Å². The molecule has 1 aromatic heterocycles. The lowest BCUT2D eigenvalue weighted by Crippen LogP contribution is -2.53. The highest BCUT2D eigenvalue weighted by molar-refractivity contribution is 5.77. The van der Waals surface area contributed by atoms with Gasteiger partial charge in [-0.1, -0.05) is 48.0 Å². The molecule has 1 amide bonds. The van der Waals surface area contributed by atoms with Crippen molar-refractivity contribution in [3.05, 3.63) is 71.6 Å². The first-order valence-electron chi connectivity index (χ1n) is 10.4. The minimum absolute atomic E-state index is 0.0262. The van der Waals surface area contributed by atoms with Crippen molar-refractivity contribution in [3.8, 4) is 11.5 Å². The van der Waals surface area contributed by atoms with E-state index in [1.54, 1.807) is 0 Å². The fourth-order valence-electron chi connectivity index (χ4n) is 4.01. The van der Waals surface area contributed by atoms with E-state index in [9.17, 15) is 4.79 Å². The van der Waals surface area contributed by atoms with Gasteiger partial charge in [-0.25, -0.2) is 0 Å². The maximum absolute atomic E-state index is 13.1. The maximum atomic E-state index is 13.1. The molecule has 0 saturated carbocycles. The number of carbonyl (C=O) groups excluding carboxylic acids is 1. The molecule has 1 aliphatic heterocycles. The Hall–Kier alpha value is -2.99. The number of ether oxygens (including phenoxy) is 1. The van der Waals surface area contributed by atoms with Gasteiger partial charge in [0.2, 0.25) is 17.7 Å². The molecule has 3 atom stereocenters. The van der Waals surface area contributed by atoms with E-state index in [0.717, 1.165) is 11.1 Å². The summed E-state index contributed by atoms with van der Waals surface area (Å²) in [4.78, 5) is 15.0. The van der Waals surface area contributed by atoms with Crippen LogP contribution in [0.1, 0.15) is 43.4 Å². The van der Waals surface area contributed by atoms with E-state index in [-0.39, 0.29) is 24.1 Å².